The molecule has 0 amide bonds. The smallest absolute Gasteiger partial charge is 0.237 e. The molecule has 1 aromatic heterocycles. The Bertz CT molecular complexity index is 457. The molecule has 20 heavy (non-hydrogen) atoms. The summed E-state index contributed by atoms with van der Waals surface area (Å²) in [5.74, 6) is 0.569. The van der Waals surface area contributed by atoms with Gasteiger partial charge in [0.05, 0.1) is 25.9 Å². The van der Waals surface area contributed by atoms with Gasteiger partial charge in [-0.3, -0.25) is 9.88 Å². The van der Waals surface area contributed by atoms with Crippen molar-refractivity contribution in [3.05, 3.63) is 18.1 Å². The fourth-order valence-corrected chi connectivity index (χ4v) is 3.25. The molecule has 3 heterocycles. The van der Waals surface area contributed by atoms with Gasteiger partial charge in [0.15, 0.2) is 0 Å². The minimum absolute atomic E-state index is 0.000185. The van der Waals surface area contributed by atoms with Crippen LogP contribution in [-0.4, -0.2) is 60.9 Å². The van der Waals surface area contributed by atoms with Gasteiger partial charge in [-0.25, -0.2) is 4.98 Å². The molecule has 0 aliphatic carbocycles. The van der Waals surface area contributed by atoms with E-state index in [-0.39, 0.29) is 12.1 Å². The molecule has 2 fully saturated rings. The molecular formula is C14H22N4O2. The Balaban J connectivity index is 1.79. The number of ether oxygens (including phenoxy) is 2. The zero-order chi connectivity index (χ0) is 13.9. The largest absolute Gasteiger partial charge is 0.480 e. The molecule has 6 heteroatoms. The van der Waals surface area contributed by atoms with Gasteiger partial charge in [0.1, 0.15) is 5.69 Å². The number of methoxy groups -OCH3 is 1. The number of nitrogens with one attached hydrogen (secondary N) is 1. The lowest BCUT2D eigenvalue weighted by molar-refractivity contribution is -0.0652. The predicted molar refractivity (Wildman–Crippen MR) is 74.7 cm³/mol. The highest BCUT2D eigenvalue weighted by atomic mass is 16.5. The third-order valence-corrected chi connectivity index (χ3v) is 4.28. The van der Waals surface area contributed by atoms with Gasteiger partial charge >= 0.3 is 0 Å². The van der Waals surface area contributed by atoms with E-state index in [2.05, 4.69) is 20.2 Å². The summed E-state index contributed by atoms with van der Waals surface area (Å²) < 4.78 is 11.4. The molecule has 2 saturated heterocycles. The Morgan fingerprint density at radius 2 is 2.30 bits per heavy atom. The van der Waals surface area contributed by atoms with E-state index in [1.54, 1.807) is 19.5 Å². The quantitative estimate of drug-likeness (QED) is 0.871. The number of hydrogen-bond donors (Lipinski definition) is 1. The minimum atomic E-state index is 0.000185. The van der Waals surface area contributed by atoms with E-state index in [0.29, 0.717) is 11.9 Å². The van der Waals surface area contributed by atoms with Crippen LogP contribution < -0.4 is 10.1 Å². The Morgan fingerprint density at radius 1 is 1.45 bits per heavy atom. The molecule has 0 spiro atoms. The van der Waals surface area contributed by atoms with Gasteiger partial charge in [-0.2, -0.15) is 0 Å². The Labute approximate surface area is 119 Å². The first kappa shape index (κ1) is 13.7. The zero-order valence-electron chi connectivity index (χ0n) is 12.1. The van der Waals surface area contributed by atoms with Crippen LogP contribution in [0.4, 0.5) is 0 Å². The van der Waals surface area contributed by atoms with E-state index < -0.39 is 0 Å². The second kappa shape index (κ2) is 6.03. The fourth-order valence-electron chi connectivity index (χ4n) is 3.25. The Kier molecular flexibility index (Phi) is 4.14. The third-order valence-electron chi connectivity index (χ3n) is 4.28. The van der Waals surface area contributed by atoms with Crippen LogP contribution in [0.25, 0.3) is 0 Å². The maximum atomic E-state index is 6.07. The molecular weight excluding hydrogens is 256 g/mol. The lowest BCUT2D eigenvalue weighted by Crippen LogP contribution is -2.50. The minimum Gasteiger partial charge on any atom is -0.480 e. The first-order valence-corrected chi connectivity index (χ1v) is 7.21. The number of aromatic nitrogens is 2. The normalized spacial score (nSPS) is 28.1. The van der Waals surface area contributed by atoms with Crippen molar-refractivity contribution < 1.29 is 9.47 Å². The van der Waals surface area contributed by atoms with Crippen molar-refractivity contribution in [1.29, 1.82) is 0 Å². The highest BCUT2D eigenvalue weighted by Crippen LogP contribution is 2.30. The van der Waals surface area contributed by atoms with Crippen molar-refractivity contribution >= 4 is 0 Å². The molecule has 3 rings (SSSR count). The van der Waals surface area contributed by atoms with Crippen LogP contribution in [0.1, 0.15) is 24.6 Å². The van der Waals surface area contributed by atoms with Crippen LogP contribution in [0.15, 0.2) is 12.4 Å². The van der Waals surface area contributed by atoms with Gasteiger partial charge in [0, 0.05) is 25.0 Å². The van der Waals surface area contributed by atoms with Crippen molar-refractivity contribution in [2.45, 2.75) is 31.0 Å². The predicted octanol–water partition coefficient (Wildman–Crippen LogP) is 0.609. The van der Waals surface area contributed by atoms with E-state index in [0.717, 1.165) is 18.8 Å². The molecule has 3 atom stereocenters. The molecule has 0 aromatic carbocycles. The maximum Gasteiger partial charge on any atom is 0.237 e. The van der Waals surface area contributed by atoms with Gasteiger partial charge < -0.3 is 14.8 Å². The first-order valence-electron chi connectivity index (χ1n) is 7.21. The highest BCUT2D eigenvalue weighted by Gasteiger charge is 2.37. The number of rotatable bonds is 4. The van der Waals surface area contributed by atoms with E-state index in [9.17, 15) is 0 Å². The van der Waals surface area contributed by atoms with Gasteiger partial charge in [0.2, 0.25) is 5.88 Å². The second-order valence-electron chi connectivity index (χ2n) is 5.38. The summed E-state index contributed by atoms with van der Waals surface area (Å²) in [6.07, 6.45) is 5.96. The van der Waals surface area contributed by atoms with Crippen molar-refractivity contribution in [3.63, 3.8) is 0 Å². The summed E-state index contributed by atoms with van der Waals surface area (Å²) in [6.45, 7) is 2.93. The average molecular weight is 278 g/mol. The molecule has 110 valence electrons. The fraction of sp³-hybridized carbons (Fsp3) is 0.714. The van der Waals surface area contributed by atoms with E-state index in [4.69, 9.17) is 9.47 Å². The standard InChI is InChI=1S/C14H22N4O2/c1-15-12(13-14(19-2)17-6-5-16-13)11-8-18-7-3-4-10(18)9-20-11/h5-6,10-12,15H,3-4,7-9H2,1-2H3. The summed E-state index contributed by atoms with van der Waals surface area (Å²) in [5.41, 5.74) is 0.820. The molecule has 0 saturated carbocycles. The first-order chi connectivity index (χ1) is 9.83. The maximum absolute atomic E-state index is 6.07. The molecule has 3 unspecified atom stereocenters. The van der Waals surface area contributed by atoms with Crippen LogP contribution in [0.3, 0.4) is 0 Å². The van der Waals surface area contributed by atoms with Gasteiger partial charge in [-0.15, -0.1) is 0 Å². The molecule has 6 nitrogen and oxygen atoms in total. The number of morpholine rings is 1. The number of hydrogen-bond acceptors (Lipinski definition) is 6. The lowest BCUT2D eigenvalue weighted by atomic mass is 10.0. The van der Waals surface area contributed by atoms with Crippen molar-refractivity contribution in [2.24, 2.45) is 0 Å². The average Bonchev–Trinajstić information content (AvgIpc) is 2.96. The highest BCUT2D eigenvalue weighted by molar-refractivity contribution is 5.22. The van der Waals surface area contributed by atoms with Crippen LogP contribution in [0, 0.1) is 0 Å². The summed E-state index contributed by atoms with van der Waals surface area (Å²) in [5, 5.41) is 3.31. The van der Waals surface area contributed by atoms with Crippen LogP contribution in [0.5, 0.6) is 5.88 Å². The Hall–Kier alpha value is -1.24. The molecule has 2 aliphatic rings. The topological polar surface area (TPSA) is 59.5 Å². The second-order valence-corrected chi connectivity index (χ2v) is 5.38. The molecule has 1 N–H and O–H groups in total. The van der Waals surface area contributed by atoms with E-state index in [1.165, 1.54) is 19.4 Å². The van der Waals surface area contributed by atoms with Crippen LogP contribution in [-0.2, 0) is 4.74 Å². The summed E-state index contributed by atoms with van der Waals surface area (Å²) >= 11 is 0. The third kappa shape index (κ3) is 2.51. The van der Waals surface area contributed by atoms with Crippen molar-refractivity contribution in [2.75, 3.05) is 33.9 Å². The van der Waals surface area contributed by atoms with Crippen molar-refractivity contribution in [3.8, 4) is 5.88 Å². The zero-order valence-corrected chi connectivity index (χ0v) is 12.1. The summed E-state index contributed by atoms with van der Waals surface area (Å²) in [6, 6.07) is 0.604. The molecule has 2 aliphatic heterocycles. The monoisotopic (exact) mass is 278 g/mol. The van der Waals surface area contributed by atoms with E-state index >= 15 is 0 Å². The van der Waals surface area contributed by atoms with E-state index in [1.807, 2.05) is 7.05 Å². The number of likely N-dealkylation sites (N-methyl/N-ethyl adjacent to an activating group) is 1. The van der Waals surface area contributed by atoms with Gasteiger partial charge in [0.25, 0.3) is 0 Å². The molecule has 1 aromatic rings. The summed E-state index contributed by atoms with van der Waals surface area (Å²) in [4.78, 5) is 11.2. The van der Waals surface area contributed by atoms with Crippen molar-refractivity contribution in [1.82, 2.24) is 20.2 Å². The van der Waals surface area contributed by atoms with Gasteiger partial charge in [-0.1, -0.05) is 0 Å². The summed E-state index contributed by atoms with van der Waals surface area (Å²) in [7, 11) is 3.55. The van der Waals surface area contributed by atoms with Gasteiger partial charge in [-0.05, 0) is 26.4 Å². The number of fused-ring (bicyclic) bond motifs is 1. The SMILES string of the molecule is CNC(c1nccnc1OC)C1CN2CCCC2CO1. The molecule has 0 radical (unpaired) electrons. The number of nitrogens with zero attached hydrogens (tertiary/aromatic N) is 3. The Morgan fingerprint density at radius 3 is 3.10 bits per heavy atom. The lowest BCUT2D eigenvalue weighted by Gasteiger charge is -2.38. The van der Waals surface area contributed by atoms with Crippen LogP contribution >= 0.6 is 0 Å². The molecule has 0 bridgehead atoms. The van der Waals surface area contributed by atoms with Crippen LogP contribution in [0.2, 0.25) is 0 Å².